The van der Waals surface area contributed by atoms with Gasteiger partial charge in [-0.1, -0.05) is 28.1 Å². The van der Waals surface area contributed by atoms with Crippen molar-refractivity contribution in [2.75, 3.05) is 13.6 Å². The first kappa shape index (κ1) is 9.70. The zero-order valence-corrected chi connectivity index (χ0v) is 9.53. The Kier molecular flexibility index (Phi) is 2.58. The Morgan fingerprint density at radius 1 is 1.43 bits per heavy atom. The molecule has 0 amide bonds. The number of rotatable bonds is 1. The first-order valence-corrected chi connectivity index (χ1v) is 5.37. The van der Waals surface area contributed by atoms with E-state index in [1.165, 1.54) is 5.56 Å². The highest BCUT2D eigenvalue weighted by atomic mass is 79.9. The summed E-state index contributed by atoms with van der Waals surface area (Å²) in [6.07, 6.45) is 0. The molecule has 2 nitrogen and oxygen atoms in total. The summed E-state index contributed by atoms with van der Waals surface area (Å²) in [6, 6.07) is 10.6. The third kappa shape index (κ3) is 1.56. The van der Waals surface area contributed by atoms with Crippen LogP contribution in [0.1, 0.15) is 11.5 Å². The van der Waals surface area contributed by atoms with Gasteiger partial charge in [-0.25, -0.2) is 0 Å². The molecule has 1 heterocycles. The van der Waals surface area contributed by atoms with Gasteiger partial charge in [0.05, 0.1) is 6.07 Å². The molecule has 1 aliphatic heterocycles. The van der Waals surface area contributed by atoms with Crippen LogP contribution in [0.25, 0.3) is 0 Å². The second-order valence-corrected chi connectivity index (χ2v) is 4.59. The fourth-order valence-corrected chi connectivity index (χ4v) is 2.14. The molecule has 0 saturated carbocycles. The van der Waals surface area contributed by atoms with Crippen molar-refractivity contribution >= 4 is 15.9 Å². The second kappa shape index (κ2) is 3.72. The first-order valence-electron chi connectivity index (χ1n) is 4.57. The summed E-state index contributed by atoms with van der Waals surface area (Å²) in [4.78, 5) is 2.08. The molecule has 0 spiro atoms. The molecule has 0 radical (unpaired) electrons. The highest BCUT2D eigenvalue weighted by Gasteiger charge is 2.37. The molecule has 2 rings (SSSR count). The first-order chi connectivity index (χ1) is 6.72. The third-order valence-corrected chi connectivity index (χ3v) is 3.30. The molecule has 14 heavy (non-hydrogen) atoms. The monoisotopic (exact) mass is 250 g/mol. The van der Waals surface area contributed by atoms with E-state index in [2.05, 4.69) is 39.0 Å². The van der Waals surface area contributed by atoms with Crippen LogP contribution in [-0.4, -0.2) is 24.5 Å². The highest BCUT2D eigenvalue weighted by Crippen LogP contribution is 2.32. The van der Waals surface area contributed by atoms with Gasteiger partial charge < -0.3 is 0 Å². The van der Waals surface area contributed by atoms with Crippen molar-refractivity contribution in [2.45, 2.75) is 12.0 Å². The van der Waals surface area contributed by atoms with Crippen LogP contribution >= 0.6 is 15.9 Å². The van der Waals surface area contributed by atoms with Crippen LogP contribution in [0.2, 0.25) is 0 Å². The molecule has 2 unspecified atom stereocenters. The summed E-state index contributed by atoms with van der Waals surface area (Å²) in [5.74, 6) is 0.387. The molecule has 0 bridgehead atoms. The zero-order chi connectivity index (χ0) is 10.1. The van der Waals surface area contributed by atoms with Crippen LogP contribution in [0.4, 0.5) is 0 Å². The molecular formula is C11H11BrN2. The number of hydrogen-bond donors (Lipinski definition) is 0. The fourth-order valence-electron chi connectivity index (χ4n) is 1.88. The van der Waals surface area contributed by atoms with Gasteiger partial charge in [-0.2, -0.15) is 5.26 Å². The van der Waals surface area contributed by atoms with Crippen molar-refractivity contribution in [3.05, 3.63) is 34.3 Å². The summed E-state index contributed by atoms with van der Waals surface area (Å²) >= 11 is 3.40. The van der Waals surface area contributed by atoms with E-state index in [1.54, 1.807) is 0 Å². The number of halogens is 1. The Morgan fingerprint density at radius 3 is 2.57 bits per heavy atom. The van der Waals surface area contributed by atoms with Gasteiger partial charge in [0.25, 0.3) is 0 Å². The smallest absolute Gasteiger partial charge is 0.106 e. The number of hydrogen-bond acceptors (Lipinski definition) is 2. The van der Waals surface area contributed by atoms with E-state index in [0.717, 1.165) is 11.0 Å². The maximum Gasteiger partial charge on any atom is 0.106 e. The summed E-state index contributed by atoms with van der Waals surface area (Å²) in [5, 5.41) is 8.94. The summed E-state index contributed by atoms with van der Waals surface area (Å²) in [5.41, 5.74) is 1.26. The molecule has 72 valence electrons. The molecular weight excluding hydrogens is 240 g/mol. The van der Waals surface area contributed by atoms with E-state index in [0.29, 0.717) is 5.92 Å². The van der Waals surface area contributed by atoms with Crippen LogP contribution in [0.15, 0.2) is 28.7 Å². The predicted molar refractivity (Wildman–Crippen MR) is 58.9 cm³/mol. The average molecular weight is 251 g/mol. The van der Waals surface area contributed by atoms with Gasteiger partial charge in [0.1, 0.15) is 6.04 Å². The SMILES string of the molecule is CN1CC(c2ccc(Br)cc2)C1C#N. The van der Waals surface area contributed by atoms with Crippen molar-refractivity contribution in [3.8, 4) is 6.07 Å². The van der Waals surface area contributed by atoms with Gasteiger partial charge in [-0.3, -0.25) is 4.90 Å². The van der Waals surface area contributed by atoms with Crippen molar-refractivity contribution in [3.63, 3.8) is 0 Å². The fraction of sp³-hybridized carbons (Fsp3) is 0.364. The molecule has 0 N–H and O–H groups in total. The minimum atomic E-state index is 0.0520. The summed E-state index contributed by atoms with van der Waals surface area (Å²) in [7, 11) is 1.99. The molecule has 1 aromatic rings. The van der Waals surface area contributed by atoms with Gasteiger partial charge in [-0.15, -0.1) is 0 Å². The minimum Gasteiger partial charge on any atom is -0.290 e. The van der Waals surface area contributed by atoms with Gasteiger partial charge in [-0.05, 0) is 24.7 Å². The molecule has 1 aromatic carbocycles. The van der Waals surface area contributed by atoms with Crippen LogP contribution in [0.3, 0.4) is 0 Å². The van der Waals surface area contributed by atoms with Gasteiger partial charge in [0.2, 0.25) is 0 Å². The number of benzene rings is 1. The topological polar surface area (TPSA) is 27.0 Å². The maximum atomic E-state index is 8.94. The average Bonchev–Trinajstić information content (AvgIpc) is 2.16. The Hall–Kier alpha value is -0.850. The minimum absolute atomic E-state index is 0.0520. The van der Waals surface area contributed by atoms with Crippen molar-refractivity contribution in [1.82, 2.24) is 4.90 Å². The quantitative estimate of drug-likeness (QED) is 0.766. The van der Waals surface area contributed by atoms with E-state index < -0.39 is 0 Å². The molecule has 1 fully saturated rings. The lowest BCUT2D eigenvalue weighted by Crippen LogP contribution is -2.51. The normalized spacial score (nSPS) is 26.6. The largest absolute Gasteiger partial charge is 0.290 e. The lowest BCUT2D eigenvalue weighted by molar-refractivity contribution is 0.134. The van der Waals surface area contributed by atoms with Crippen LogP contribution < -0.4 is 0 Å². The lowest BCUT2D eigenvalue weighted by atomic mass is 9.84. The number of nitrogens with zero attached hydrogens (tertiary/aromatic N) is 2. The van der Waals surface area contributed by atoms with E-state index >= 15 is 0 Å². The number of likely N-dealkylation sites (tertiary alicyclic amines) is 1. The summed E-state index contributed by atoms with van der Waals surface area (Å²) in [6.45, 7) is 0.986. The van der Waals surface area contributed by atoms with Gasteiger partial charge in [0.15, 0.2) is 0 Å². The van der Waals surface area contributed by atoms with Crippen molar-refractivity contribution in [1.29, 1.82) is 5.26 Å². The van der Waals surface area contributed by atoms with Crippen LogP contribution in [-0.2, 0) is 0 Å². The summed E-state index contributed by atoms with van der Waals surface area (Å²) < 4.78 is 1.09. The zero-order valence-electron chi connectivity index (χ0n) is 7.94. The number of nitriles is 1. The standard InChI is InChI=1S/C11H11BrN2/c1-14-7-10(11(14)6-13)8-2-4-9(12)5-3-8/h2-5,10-11H,7H2,1H3. The number of likely N-dealkylation sites (N-methyl/N-ethyl adjacent to an activating group) is 1. The molecule has 1 aliphatic rings. The van der Waals surface area contributed by atoms with E-state index in [9.17, 15) is 0 Å². The maximum absolute atomic E-state index is 8.94. The van der Waals surface area contributed by atoms with Gasteiger partial charge >= 0.3 is 0 Å². The molecule has 0 aromatic heterocycles. The Morgan fingerprint density at radius 2 is 2.07 bits per heavy atom. The van der Waals surface area contributed by atoms with Crippen LogP contribution in [0, 0.1) is 11.3 Å². The molecule has 2 atom stereocenters. The van der Waals surface area contributed by atoms with E-state index in [1.807, 2.05) is 19.2 Å². The van der Waals surface area contributed by atoms with E-state index in [4.69, 9.17) is 5.26 Å². The Labute approximate surface area is 92.3 Å². The van der Waals surface area contributed by atoms with Crippen LogP contribution in [0.5, 0.6) is 0 Å². The molecule has 3 heteroatoms. The third-order valence-electron chi connectivity index (χ3n) is 2.77. The predicted octanol–water partition coefficient (Wildman–Crippen LogP) is 2.37. The van der Waals surface area contributed by atoms with E-state index in [-0.39, 0.29) is 6.04 Å². The van der Waals surface area contributed by atoms with Gasteiger partial charge in [0, 0.05) is 16.9 Å². The Balaban J connectivity index is 2.18. The highest BCUT2D eigenvalue weighted by molar-refractivity contribution is 9.10. The molecule has 0 aliphatic carbocycles. The molecule has 1 saturated heterocycles. The lowest BCUT2D eigenvalue weighted by Gasteiger charge is -2.41. The second-order valence-electron chi connectivity index (χ2n) is 3.67. The van der Waals surface area contributed by atoms with Crippen molar-refractivity contribution in [2.24, 2.45) is 0 Å². The Bertz CT molecular complexity index is 366. The van der Waals surface area contributed by atoms with Crippen molar-refractivity contribution < 1.29 is 0 Å².